The molecule has 0 atom stereocenters. The molecule has 100 valence electrons. The Morgan fingerprint density at radius 1 is 1.33 bits per heavy atom. The van der Waals surface area contributed by atoms with Crippen LogP contribution in [0.1, 0.15) is 32.1 Å². The lowest BCUT2D eigenvalue weighted by molar-refractivity contribution is 0.411. The number of nitrogen functional groups attached to an aromatic ring is 1. The van der Waals surface area contributed by atoms with E-state index in [2.05, 4.69) is 11.6 Å². The first kappa shape index (κ1) is 13.5. The normalized spacial score (nSPS) is 18.6. The van der Waals surface area contributed by atoms with E-state index < -0.39 is 0 Å². The summed E-state index contributed by atoms with van der Waals surface area (Å²) < 4.78 is 13.5. The topological polar surface area (TPSA) is 38.0 Å². The maximum atomic E-state index is 13.2. The average Bonchev–Trinajstić information content (AvgIpc) is 2.41. The first-order chi connectivity index (χ1) is 8.65. The van der Waals surface area contributed by atoms with Gasteiger partial charge in [-0.1, -0.05) is 19.3 Å². The first-order valence-corrected chi connectivity index (χ1v) is 7.72. The molecule has 3 N–H and O–H groups in total. The Morgan fingerprint density at radius 2 is 2.06 bits per heavy atom. The van der Waals surface area contributed by atoms with Crippen LogP contribution in [-0.2, 0) is 0 Å². The van der Waals surface area contributed by atoms with Gasteiger partial charge < -0.3 is 11.1 Å². The number of hydrogen-bond acceptors (Lipinski definition) is 3. The van der Waals surface area contributed by atoms with Crippen molar-refractivity contribution >= 4 is 23.1 Å². The van der Waals surface area contributed by atoms with Crippen molar-refractivity contribution in [3.05, 3.63) is 24.0 Å². The summed E-state index contributed by atoms with van der Waals surface area (Å²) in [7, 11) is 0. The standard InChI is InChI=1S/C14H21FN2S/c1-18-14(7-3-2-4-8-14)10-17-13-9-11(15)5-6-12(13)16/h5-6,9,17H,2-4,7-8,10,16H2,1H3. The second kappa shape index (κ2) is 5.83. The third-order valence-corrected chi connectivity index (χ3v) is 5.23. The molecule has 2 nitrogen and oxygen atoms in total. The Morgan fingerprint density at radius 3 is 2.72 bits per heavy atom. The van der Waals surface area contributed by atoms with Gasteiger partial charge in [-0.05, 0) is 37.3 Å². The Kier molecular flexibility index (Phi) is 4.38. The number of hydrogen-bond donors (Lipinski definition) is 2. The minimum atomic E-state index is -0.242. The summed E-state index contributed by atoms with van der Waals surface area (Å²) in [6, 6.07) is 4.49. The Bertz CT molecular complexity index is 403. The molecule has 0 radical (unpaired) electrons. The highest BCUT2D eigenvalue weighted by Gasteiger charge is 2.30. The van der Waals surface area contributed by atoms with Crippen molar-refractivity contribution in [3.8, 4) is 0 Å². The molecule has 1 aliphatic rings. The lowest BCUT2D eigenvalue weighted by Crippen LogP contribution is -2.35. The molecule has 0 spiro atoms. The smallest absolute Gasteiger partial charge is 0.125 e. The van der Waals surface area contributed by atoms with Crippen molar-refractivity contribution in [1.29, 1.82) is 0 Å². The van der Waals surface area contributed by atoms with Crippen LogP contribution < -0.4 is 11.1 Å². The number of benzene rings is 1. The monoisotopic (exact) mass is 268 g/mol. The van der Waals surface area contributed by atoms with Gasteiger partial charge in [0.2, 0.25) is 0 Å². The van der Waals surface area contributed by atoms with Crippen LogP contribution in [0.4, 0.5) is 15.8 Å². The zero-order valence-electron chi connectivity index (χ0n) is 10.8. The second-order valence-electron chi connectivity index (χ2n) is 5.03. The predicted molar refractivity (Wildman–Crippen MR) is 78.6 cm³/mol. The van der Waals surface area contributed by atoms with Crippen molar-refractivity contribution < 1.29 is 4.39 Å². The third-order valence-electron chi connectivity index (χ3n) is 3.81. The summed E-state index contributed by atoms with van der Waals surface area (Å²) in [4.78, 5) is 0. The summed E-state index contributed by atoms with van der Waals surface area (Å²) in [6.07, 6.45) is 8.56. The van der Waals surface area contributed by atoms with Crippen molar-refractivity contribution in [2.24, 2.45) is 0 Å². The number of rotatable bonds is 4. The number of nitrogens with two attached hydrogens (primary N) is 1. The molecular weight excluding hydrogens is 247 g/mol. The van der Waals surface area contributed by atoms with E-state index in [4.69, 9.17) is 5.73 Å². The van der Waals surface area contributed by atoms with E-state index in [0.717, 1.165) is 6.54 Å². The summed E-state index contributed by atoms with van der Waals surface area (Å²) in [5, 5.41) is 3.33. The summed E-state index contributed by atoms with van der Waals surface area (Å²) >= 11 is 1.93. The maximum Gasteiger partial charge on any atom is 0.125 e. The first-order valence-electron chi connectivity index (χ1n) is 6.49. The molecule has 1 aromatic rings. The Labute approximate surface area is 113 Å². The van der Waals surface area contributed by atoms with E-state index in [1.54, 1.807) is 6.07 Å². The van der Waals surface area contributed by atoms with Crippen LogP contribution in [0.2, 0.25) is 0 Å². The highest BCUT2D eigenvalue weighted by atomic mass is 32.2. The van der Waals surface area contributed by atoms with Gasteiger partial charge in [0.15, 0.2) is 0 Å². The number of thioether (sulfide) groups is 1. The average molecular weight is 268 g/mol. The van der Waals surface area contributed by atoms with Crippen LogP contribution in [0.5, 0.6) is 0 Å². The molecule has 0 amide bonds. The largest absolute Gasteiger partial charge is 0.397 e. The van der Waals surface area contributed by atoms with Gasteiger partial charge in [-0.3, -0.25) is 0 Å². The number of halogens is 1. The third kappa shape index (κ3) is 3.10. The van der Waals surface area contributed by atoms with Crippen molar-refractivity contribution in [2.45, 2.75) is 36.9 Å². The van der Waals surface area contributed by atoms with E-state index in [0.29, 0.717) is 11.4 Å². The second-order valence-corrected chi connectivity index (χ2v) is 6.31. The molecule has 18 heavy (non-hydrogen) atoms. The van der Waals surface area contributed by atoms with Gasteiger partial charge in [-0.25, -0.2) is 4.39 Å². The quantitative estimate of drug-likeness (QED) is 0.814. The Hall–Kier alpha value is -0.900. The van der Waals surface area contributed by atoms with Gasteiger partial charge in [-0.15, -0.1) is 0 Å². The molecule has 0 aromatic heterocycles. The zero-order chi connectivity index (χ0) is 13.0. The highest BCUT2D eigenvalue weighted by molar-refractivity contribution is 8.00. The van der Waals surface area contributed by atoms with Crippen molar-refractivity contribution in [1.82, 2.24) is 0 Å². The number of anilines is 2. The molecule has 0 saturated heterocycles. The van der Waals surface area contributed by atoms with Crippen LogP contribution in [0.15, 0.2) is 18.2 Å². The molecule has 0 aliphatic heterocycles. The van der Waals surface area contributed by atoms with Gasteiger partial charge in [0.05, 0.1) is 11.4 Å². The van der Waals surface area contributed by atoms with Crippen LogP contribution in [-0.4, -0.2) is 17.5 Å². The highest BCUT2D eigenvalue weighted by Crippen LogP contribution is 2.39. The maximum absolute atomic E-state index is 13.2. The van der Waals surface area contributed by atoms with Crippen LogP contribution in [0.3, 0.4) is 0 Å². The molecule has 2 rings (SSSR count). The zero-order valence-corrected chi connectivity index (χ0v) is 11.7. The van der Waals surface area contributed by atoms with E-state index in [1.807, 2.05) is 11.8 Å². The molecule has 0 heterocycles. The molecule has 4 heteroatoms. The molecule has 0 unspecified atom stereocenters. The van der Waals surface area contributed by atoms with E-state index in [1.165, 1.54) is 44.2 Å². The van der Waals surface area contributed by atoms with Gasteiger partial charge in [0, 0.05) is 11.3 Å². The summed E-state index contributed by atoms with van der Waals surface area (Å²) in [5.41, 5.74) is 7.18. The SMILES string of the molecule is CSC1(CNc2cc(F)ccc2N)CCCCC1. The van der Waals surface area contributed by atoms with Gasteiger partial charge in [0.1, 0.15) is 5.82 Å². The van der Waals surface area contributed by atoms with Gasteiger partial charge in [0.25, 0.3) is 0 Å². The summed E-state index contributed by atoms with van der Waals surface area (Å²) in [5.74, 6) is -0.242. The lowest BCUT2D eigenvalue weighted by atomic mass is 9.88. The minimum absolute atomic E-state index is 0.242. The molecule has 0 bridgehead atoms. The summed E-state index contributed by atoms with van der Waals surface area (Å²) in [6.45, 7) is 0.863. The van der Waals surface area contributed by atoms with Crippen LogP contribution in [0.25, 0.3) is 0 Å². The minimum Gasteiger partial charge on any atom is -0.397 e. The molecule has 1 aromatic carbocycles. The van der Waals surface area contributed by atoms with Gasteiger partial charge in [-0.2, -0.15) is 11.8 Å². The van der Waals surface area contributed by atoms with Crippen LogP contribution >= 0.6 is 11.8 Å². The molecular formula is C14H21FN2S. The van der Waals surface area contributed by atoms with E-state index in [9.17, 15) is 4.39 Å². The fourth-order valence-corrected chi connectivity index (χ4v) is 3.50. The molecule has 1 saturated carbocycles. The fourth-order valence-electron chi connectivity index (χ4n) is 2.59. The van der Waals surface area contributed by atoms with E-state index >= 15 is 0 Å². The fraction of sp³-hybridized carbons (Fsp3) is 0.571. The Balaban J connectivity index is 2.03. The van der Waals surface area contributed by atoms with Crippen LogP contribution in [0, 0.1) is 5.82 Å². The lowest BCUT2D eigenvalue weighted by Gasteiger charge is -2.36. The predicted octanol–water partition coefficient (Wildman–Crippen LogP) is 3.89. The number of nitrogens with one attached hydrogen (secondary N) is 1. The van der Waals surface area contributed by atoms with Crippen molar-refractivity contribution in [3.63, 3.8) is 0 Å². The molecule has 1 fully saturated rings. The van der Waals surface area contributed by atoms with Crippen molar-refractivity contribution in [2.75, 3.05) is 23.9 Å². The molecule has 1 aliphatic carbocycles. The van der Waals surface area contributed by atoms with E-state index in [-0.39, 0.29) is 10.6 Å². The van der Waals surface area contributed by atoms with Gasteiger partial charge >= 0.3 is 0 Å².